The zero-order chi connectivity index (χ0) is 14.4. The molecule has 0 aliphatic rings. The SMILES string of the molecule is Cc1ccc(OCC(=O)NC(CO)C(=O)O)c(Br)c1. The Hall–Kier alpha value is -1.60. The Bertz CT molecular complexity index is 477. The van der Waals surface area contributed by atoms with Crippen molar-refractivity contribution in [3.8, 4) is 5.75 Å². The molecule has 1 amide bonds. The third kappa shape index (κ3) is 4.88. The molecule has 3 N–H and O–H groups in total. The zero-order valence-electron chi connectivity index (χ0n) is 10.2. The quantitative estimate of drug-likeness (QED) is 0.713. The van der Waals surface area contributed by atoms with Crippen LogP contribution in [0.2, 0.25) is 0 Å². The number of carboxylic acid groups (broad SMARTS) is 1. The fourth-order valence-corrected chi connectivity index (χ4v) is 1.90. The fourth-order valence-electron chi connectivity index (χ4n) is 1.29. The monoisotopic (exact) mass is 331 g/mol. The predicted molar refractivity (Wildman–Crippen MR) is 71.0 cm³/mol. The van der Waals surface area contributed by atoms with Crippen molar-refractivity contribution in [1.29, 1.82) is 0 Å². The Balaban J connectivity index is 2.52. The number of halogens is 1. The summed E-state index contributed by atoms with van der Waals surface area (Å²) in [6.45, 7) is 0.917. The molecule has 0 heterocycles. The molecule has 0 saturated carbocycles. The molecule has 0 radical (unpaired) electrons. The van der Waals surface area contributed by atoms with E-state index in [1.54, 1.807) is 6.07 Å². The van der Waals surface area contributed by atoms with Crippen LogP contribution in [0.3, 0.4) is 0 Å². The number of rotatable bonds is 6. The van der Waals surface area contributed by atoms with E-state index in [9.17, 15) is 9.59 Å². The largest absolute Gasteiger partial charge is 0.483 e. The van der Waals surface area contributed by atoms with Crippen LogP contribution in [0.25, 0.3) is 0 Å². The lowest BCUT2D eigenvalue weighted by atomic mass is 10.2. The topological polar surface area (TPSA) is 95.9 Å². The Morgan fingerprint density at radius 3 is 2.68 bits per heavy atom. The van der Waals surface area contributed by atoms with Crippen LogP contribution in [0.5, 0.6) is 5.75 Å². The first-order valence-corrected chi connectivity index (χ1v) is 6.25. The number of carbonyl (C=O) groups is 2. The molecule has 0 bridgehead atoms. The van der Waals surface area contributed by atoms with Crippen LogP contribution < -0.4 is 10.1 Å². The maximum absolute atomic E-state index is 11.4. The number of aliphatic carboxylic acids is 1. The number of carboxylic acids is 1. The highest BCUT2D eigenvalue weighted by Gasteiger charge is 2.18. The van der Waals surface area contributed by atoms with Crippen molar-refractivity contribution in [2.24, 2.45) is 0 Å². The molecular weight excluding hydrogens is 318 g/mol. The van der Waals surface area contributed by atoms with Gasteiger partial charge in [-0.25, -0.2) is 4.79 Å². The Morgan fingerprint density at radius 1 is 1.47 bits per heavy atom. The summed E-state index contributed by atoms with van der Waals surface area (Å²) in [5, 5.41) is 19.6. The molecule has 19 heavy (non-hydrogen) atoms. The van der Waals surface area contributed by atoms with Gasteiger partial charge in [0.2, 0.25) is 0 Å². The Kier molecular flexibility index (Phi) is 5.78. The van der Waals surface area contributed by atoms with E-state index in [1.165, 1.54) is 0 Å². The van der Waals surface area contributed by atoms with Crippen LogP contribution in [-0.4, -0.2) is 41.3 Å². The lowest BCUT2D eigenvalue weighted by Gasteiger charge is -2.13. The van der Waals surface area contributed by atoms with E-state index in [1.807, 2.05) is 19.1 Å². The molecule has 0 aromatic heterocycles. The molecule has 0 saturated heterocycles. The zero-order valence-corrected chi connectivity index (χ0v) is 11.8. The standard InChI is InChI=1S/C12H14BrNO5/c1-7-2-3-10(8(13)4-7)19-6-11(16)14-9(5-15)12(17)18/h2-4,9,15H,5-6H2,1H3,(H,14,16)(H,17,18). The molecule has 104 valence electrons. The summed E-state index contributed by atoms with van der Waals surface area (Å²) in [6.07, 6.45) is 0. The first-order chi connectivity index (χ1) is 8.93. The van der Waals surface area contributed by atoms with Crippen molar-refractivity contribution >= 4 is 27.8 Å². The second-order valence-corrected chi connectivity index (χ2v) is 4.72. The Labute approximate surface area is 118 Å². The highest BCUT2D eigenvalue weighted by atomic mass is 79.9. The molecule has 1 atom stereocenters. The van der Waals surface area contributed by atoms with Crippen LogP contribution >= 0.6 is 15.9 Å². The van der Waals surface area contributed by atoms with Gasteiger partial charge in [-0.3, -0.25) is 4.79 Å². The highest BCUT2D eigenvalue weighted by Crippen LogP contribution is 2.25. The summed E-state index contributed by atoms with van der Waals surface area (Å²) in [4.78, 5) is 22.1. The minimum absolute atomic E-state index is 0.328. The maximum Gasteiger partial charge on any atom is 0.328 e. The number of carbonyl (C=O) groups excluding carboxylic acids is 1. The average molecular weight is 332 g/mol. The van der Waals surface area contributed by atoms with Gasteiger partial charge in [-0.1, -0.05) is 6.07 Å². The van der Waals surface area contributed by atoms with Gasteiger partial charge < -0.3 is 20.3 Å². The summed E-state index contributed by atoms with van der Waals surface area (Å²) < 4.78 is 5.95. The predicted octanol–water partition coefficient (Wildman–Crippen LogP) is 0.698. The molecule has 1 aromatic rings. The van der Waals surface area contributed by atoms with Crippen molar-refractivity contribution in [3.63, 3.8) is 0 Å². The van der Waals surface area contributed by atoms with Crippen molar-refractivity contribution in [2.75, 3.05) is 13.2 Å². The lowest BCUT2D eigenvalue weighted by Crippen LogP contribution is -2.45. The number of aliphatic hydroxyl groups excluding tert-OH is 1. The molecule has 0 fully saturated rings. The van der Waals surface area contributed by atoms with Crippen LogP contribution in [-0.2, 0) is 9.59 Å². The minimum Gasteiger partial charge on any atom is -0.483 e. The summed E-state index contributed by atoms with van der Waals surface area (Å²) in [6, 6.07) is 4.04. The van der Waals surface area contributed by atoms with E-state index in [-0.39, 0.29) is 6.61 Å². The van der Waals surface area contributed by atoms with Gasteiger partial charge in [0.1, 0.15) is 11.8 Å². The maximum atomic E-state index is 11.4. The van der Waals surface area contributed by atoms with E-state index in [4.69, 9.17) is 14.9 Å². The van der Waals surface area contributed by atoms with Gasteiger partial charge in [0, 0.05) is 0 Å². The van der Waals surface area contributed by atoms with E-state index >= 15 is 0 Å². The number of aliphatic hydroxyl groups is 1. The molecule has 6 nitrogen and oxygen atoms in total. The molecule has 1 unspecified atom stereocenters. The summed E-state index contributed by atoms with van der Waals surface area (Å²) in [5.41, 5.74) is 1.04. The van der Waals surface area contributed by atoms with E-state index < -0.39 is 24.5 Å². The summed E-state index contributed by atoms with van der Waals surface area (Å²) >= 11 is 3.29. The molecule has 7 heteroatoms. The highest BCUT2D eigenvalue weighted by molar-refractivity contribution is 9.10. The van der Waals surface area contributed by atoms with Crippen LogP contribution in [0.1, 0.15) is 5.56 Å². The molecule has 0 aliphatic carbocycles. The first kappa shape index (κ1) is 15.5. The van der Waals surface area contributed by atoms with Gasteiger partial charge in [-0.2, -0.15) is 0 Å². The normalized spacial score (nSPS) is 11.7. The van der Waals surface area contributed by atoms with Gasteiger partial charge in [0.05, 0.1) is 11.1 Å². The number of nitrogens with one attached hydrogen (secondary N) is 1. The van der Waals surface area contributed by atoms with E-state index in [0.717, 1.165) is 5.56 Å². The molecular formula is C12H14BrNO5. The summed E-state index contributed by atoms with van der Waals surface area (Å²) in [7, 11) is 0. The third-order valence-electron chi connectivity index (χ3n) is 2.26. The van der Waals surface area contributed by atoms with Gasteiger partial charge in [-0.05, 0) is 40.5 Å². The Morgan fingerprint density at radius 2 is 2.16 bits per heavy atom. The van der Waals surface area contributed by atoms with Crippen LogP contribution in [0, 0.1) is 6.92 Å². The second kappa shape index (κ2) is 7.10. The van der Waals surface area contributed by atoms with Crippen molar-refractivity contribution < 1.29 is 24.5 Å². The van der Waals surface area contributed by atoms with Gasteiger partial charge in [-0.15, -0.1) is 0 Å². The molecule has 0 aliphatic heterocycles. The number of amides is 1. The third-order valence-corrected chi connectivity index (χ3v) is 2.88. The smallest absolute Gasteiger partial charge is 0.328 e. The van der Waals surface area contributed by atoms with Gasteiger partial charge in [0.25, 0.3) is 5.91 Å². The van der Waals surface area contributed by atoms with Gasteiger partial charge >= 0.3 is 5.97 Å². The van der Waals surface area contributed by atoms with Crippen LogP contribution in [0.15, 0.2) is 22.7 Å². The lowest BCUT2D eigenvalue weighted by molar-refractivity contribution is -0.143. The van der Waals surface area contributed by atoms with Gasteiger partial charge in [0.15, 0.2) is 6.61 Å². The molecule has 1 aromatic carbocycles. The summed E-state index contributed by atoms with van der Waals surface area (Å²) in [5.74, 6) is -1.43. The molecule has 0 spiro atoms. The van der Waals surface area contributed by atoms with Crippen molar-refractivity contribution in [2.45, 2.75) is 13.0 Å². The number of ether oxygens (including phenoxy) is 1. The number of hydrogen-bond acceptors (Lipinski definition) is 4. The fraction of sp³-hybridized carbons (Fsp3) is 0.333. The van der Waals surface area contributed by atoms with Crippen molar-refractivity contribution in [3.05, 3.63) is 28.2 Å². The average Bonchev–Trinajstić information content (AvgIpc) is 2.34. The second-order valence-electron chi connectivity index (χ2n) is 3.86. The molecule has 1 rings (SSSR count). The number of hydrogen-bond donors (Lipinski definition) is 3. The first-order valence-electron chi connectivity index (χ1n) is 5.46. The van der Waals surface area contributed by atoms with E-state index in [0.29, 0.717) is 10.2 Å². The number of aryl methyl sites for hydroxylation is 1. The minimum atomic E-state index is -1.32. The van der Waals surface area contributed by atoms with Crippen LogP contribution in [0.4, 0.5) is 0 Å². The van der Waals surface area contributed by atoms with E-state index in [2.05, 4.69) is 21.2 Å². The van der Waals surface area contributed by atoms with Crippen molar-refractivity contribution in [1.82, 2.24) is 5.32 Å². The number of benzene rings is 1.